The molecule has 11 heteroatoms. The highest BCUT2D eigenvalue weighted by Gasteiger charge is 2.27. The molecule has 0 aliphatic rings. The number of carbonyl (C=O) groups is 1. The Morgan fingerprint density at radius 2 is 1.88 bits per heavy atom. The van der Waals surface area contributed by atoms with E-state index in [9.17, 15) is 18.0 Å². The Bertz CT molecular complexity index is 1310. The van der Waals surface area contributed by atoms with Crippen molar-refractivity contribution in [2.75, 3.05) is 11.9 Å². The number of hydrogen-bond acceptors (Lipinski definition) is 4. The lowest BCUT2D eigenvalue weighted by Gasteiger charge is -2.11. The lowest BCUT2D eigenvalue weighted by Crippen LogP contribution is -2.36. The molecule has 178 valence electrons. The summed E-state index contributed by atoms with van der Waals surface area (Å²) in [4.78, 5) is 25.2. The number of nitrogens with zero attached hydrogens (tertiary/aromatic N) is 4. The molecule has 0 aliphatic carbocycles. The molecule has 2 N–H and O–H groups in total. The summed E-state index contributed by atoms with van der Waals surface area (Å²) in [7, 11) is 0. The molecule has 0 atom stereocenters. The van der Waals surface area contributed by atoms with Gasteiger partial charge in [0, 0.05) is 34.9 Å². The zero-order valence-electron chi connectivity index (χ0n) is 18.3. The Morgan fingerprint density at radius 1 is 1.09 bits per heavy atom. The summed E-state index contributed by atoms with van der Waals surface area (Å²) in [5, 5.41) is 4.20. The molecule has 7 nitrogen and oxygen atoms in total. The largest absolute Gasteiger partial charge is 0.405 e. The van der Waals surface area contributed by atoms with Crippen molar-refractivity contribution in [2.45, 2.75) is 25.9 Å². The fourth-order valence-electron chi connectivity index (χ4n) is 3.28. The maximum Gasteiger partial charge on any atom is 0.405 e. The van der Waals surface area contributed by atoms with Crippen LogP contribution in [0.2, 0.25) is 0 Å². The number of alkyl halides is 3. The molecule has 4 aromatic rings. The molecule has 1 aromatic carbocycles. The summed E-state index contributed by atoms with van der Waals surface area (Å²) in [6.45, 7) is 2.73. The first kappa shape index (κ1) is 25.0. The molecular weight excluding hydrogens is 469 g/mol. The van der Waals surface area contributed by atoms with Gasteiger partial charge in [0.25, 0.3) is 0 Å². The van der Waals surface area contributed by atoms with Crippen molar-refractivity contribution in [3.05, 3.63) is 66.7 Å². The van der Waals surface area contributed by atoms with Crippen LogP contribution in [-0.4, -0.2) is 38.1 Å². The van der Waals surface area contributed by atoms with Gasteiger partial charge in [-0.2, -0.15) is 13.2 Å². The number of amides is 2. The molecular formula is C23H22ClF3N6O. The highest BCUT2D eigenvalue weighted by Crippen LogP contribution is 2.26. The van der Waals surface area contributed by atoms with E-state index in [1.807, 2.05) is 34.9 Å². The molecule has 0 spiro atoms. The van der Waals surface area contributed by atoms with Crippen LogP contribution in [0.4, 0.5) is 23.7 Å². The molecule has 3 heterocycles. The SMILES string of the molecule is CC(C)c1ccnc(-c2ccn3c(-c4cccc(NC(=O)NCC(F)(F)F)c4)cnc3c2)n1.Cl. The lowest BCUT2D eigenvalue weighted by atomic mass is 10.1. The van der Waals surface area contributed by atoms with Crippen LogP contribution in [0.5, 0.6) is 0 Å². The van der Waals surface area contributed by atoms with Crippen molar-refractivity contribution < 1.29 is 18.0 Å². The summed E-state index contributed by atoms with van der Waals surface area (Å²) < 4.78 is 38.7. The number of urea groups is 1. The van der Waals surface area contributed by atoms with Crippen molar-refractivity contribution in [1.29, 1.82) is 0 Å². The number of imidazole rings is 1. The van der Waals surface area contributed by atoms with Crippen molar-refractivity contribution in [2.24, 2.45) is 0 Å². The number of carbonyl (C=O) groups excluding carboxylic acids is 1. The van der Waals surface area contributed by atoms with Crippen LogP contribution in [0, 0.1) is 0 Å². The second-order valence-electron chi connectivity index (χ2n) is 7.75. The third-order valence-electron chi connectivity index (χ3n) is 4.91. The Hall–Kier alpha value is -3.66. The third kappa shape index (κ3) is 5.82. The Labute approximate surface area is 199 Å². The smallest absolute Gasteiger partial charge is 0.329 e. The van der Waals surface area contributed by atoms with E-state index in [4.69, 9.17) is 0 Å². The molecule has 0 saturated carbocycles. The molecule has 34 heavy (non-hydrogen) atoms. The van der Waals surface area contributed by atoms with Gasteiger partial charge in [-0.3, -0.25) is 4.40 Å². The second-order valence-corrected chi connectivity index (χ2v) is 7.75. The first-order valence-electron chi connectivity index (χ1n) is 10.2. The molecule has 0 unspecified atom stereocenters. The van der Waals surface area contributed by atoms with Crippen LogP contribution in [-0.2, 0) is 0 Å². The van der Waals surface area contributed by atoms with E-state index in [0.717, 1.165) is 22.5 Å². The Balaban J connectivity index is 0.00000324. The summed E-state index contributed by atoms with van der Waals surface area (Å²) in [6, 6.07) is 11.5. The van der Waals surface area contributed by atoms with E-state index >= 15 is 0 Å². The predicted octanol–water partition coefficient (Wildman–Crippen LogP) is 5.69. The number of anilines is 1. The number of halogens is 4. The van der Waals surface area contributed by atoms with Gasteiger partial charge in [-0.1, -0.05) is 26.0 Å². The number of benzene rings is 1. The predicted molar refractivity (Wildman–Crippen MR) is 126 cm³/mol. The van der Waals surface area contributed by atoms with Gasteiger partial charge < -0.3 is 10.6 Å². The summed E-state index contributed by atoms with van der Waals surface area (Å²) >= 11 is 0. The van der Waals surface area contributed by atoms with Gasteiger partial charge in [-0.05, 0) is 36.2 Å². The minimum absolute atomic E-state index is 0. The second kappa shape index (κ2) is 10.1. The van der Waals surface area contributed by atoms with Crippen LogP contribution in [0.15, 0.2) is 61.1 Å². The lowest BCUT2D eigenvalue weighted by molar-refractivity contribution is -0.122. The molecule has 2 amide bonds. The number of rotatable bonds is 5. The van der Waals surface area contributed by atoms with Gasteiger partial charge in [0.15, 0.2) is 5.82 Å². The van der Waals surface area contributed by atoms with E-state index in [-0.39, 0.29) is 18.3 Å². The van der Waals surface area contributed by atoms with E-state index in [0.29, 0.717) is 17.2 Å². The van der Waals surface area contributed by atoms with Gasteiger partial charge in [0.1, 0.15) is 12.2 Å². The summed E-state index contributed by atoms with van der Waals surface area (Å²) in [5.41, 5.74) is 4.32. The molecule has 0 saturated heterocycles. The van der Waals surface area contributed by atoms with Crippen molar-refractivity contribution in [3.8, 4) is 22.6 Å². The topological polar surface area (TPSA) is 84.2 Å². The van der Waals surface area contributed by atoms with Gasteiger partial charge in [-0.15, -0.1) is 12.4 Å². The quantitative estimate of drug-likeness (QED) is 0.376. The molecule has 0 radical (unpaired) electrons. The number of nitrogens with one attached hydrogen (secondary N) is 2. The fourth-order valence-corrected chi connectivity index (χ4v) is 3.28. The molecule has 0 bridgehead atoms. The van der Waals surface area contributed by atoms with E-state index in [2.05, 4.69) is 34.1 Å². The number of fused-ring (bicyclic) bond motifs is 1. The first-order valence-corrected chi connectivity index (χ1v) is 10.2. The minimum Gasteiger partial charge on any atom is -0.329 e. The number of pyridine rings is 1. The van der Waals surface area contributed by atoms with Gasteiger partial charge >= 0.3 is 12.2 Å². The van der Waals surface area contributed by atoms with E-state index in [1.165, 1.54) is 0 Å². The average Bonchev–Trinajstić information content (AvgIpc) is 3.21. The highest BCUT2D eigenvalue weighted by molar-refractivity contribution is 5.90. The zero-order valence-corrected chi connectivity index (χ0v) is 19.1. The summed E-state index contributed by atoms with van der Waals surface area (Å²) in [6.07, 6.45) is 0.805. The van der Waals surface area contributed by atoms with Gasteiger partial charge in [-0.25, -0.2) is 19.7 Å². The Morgan fingerprint density at radius 3 is 2.62 bits per heavy atom. The molecule has 0 fully saturated rings. The van der Waals surface area contributed by atoms with E-state index in [1.54, 1.807) is 35.9 Å². The first-order chi connectivity index (χ1) is 15.7. The monoisotopic (exact) mass is 490 g/mol. The zero-order chi connectivity index (χ0) is 23.6. The van der Waals surface area contributed by atoms with Crippen molar-refractivity contribution in [1.82, 2.24) is 24.7 Å². The third-order valence-corrected chi connectivity index (χ3v) is 4.91. The van der Waals surface area contributed by atoms with Crippen LogP contribution >= 0.6 is 12.4 Å². The molecule has 0 aliphatic heterocycles. The standard InChI is InChI=1S/C23H21F3N6O.ClH/c1-14(2)18-6-8-27-21(31-18)16-7-9-32-19(12-28-20(32)11-16)15-4-3-5-17(10-15)30-22(33)29-13-23(24,25)26;/h3-12,14H,13H2,1-2H3,(H2,29,30,33);1H. The maximum atomic E-state index is 12.3. The van der Waals surface area contributed by atoms with Crippen molar-refractivity contribution >= 4 is 29.8 Å². The van der Waals surface area contributed by atoms with Crippen LogP contribution in [0.25, 0.3) is 28.3 Å². The van der Waals surface area contributed by atoms with Crippen molar-refractivity contribution in [3.63, 3.8) is 0 Å². The van der Waals surface area contributed by atoms with Gasteiger partial charge in [0.2, 0.25) is 0 Å². The highest BCUT2D eigenvalue weighted by atomic mass is 35.5. The van der Waals surface area contributed by atoms with Crippen LogP contribution < -0.4 is 10.6 Å². The maximum absolute atomic E-state index is 12.3. The average molecular weight is 491 g/mol. The van der Waals surface area contributed by atoms with Crippen LogP contribution in [0.1, 0.15) is 25.5 Å². The normalized spacial score (nSPS) is 11.4. The number of hydrogen-bond donors (Lipinski definition) is 2. The summed E-state index contributed by atoms with van der Waals surface area (Å²) in [5.74, 6) is 0.897. The van der Waals surface area contributed by atoms with Gasteiger partial charge in [0.05, 0.1) is 11.9 Å². The molecule has 3 aromatic heterocycles. The van der Waals surface area contributed by atoms with Crippen LogP contribution in [0.3, 0.4) is 0 Å². The minimum atomic E-state index is -4.48. The number of aromatic nitrogens is 4. The van der Waals surface area contributed by atoms with E-state index < -0.39 is 18.8 Å². The molecule has 4 rings (SSSR count). The Kier molecular flexibility index (Phi) is 7.41. The fraction of sp³-hybridized carbons (Fsp3) is 0.217.